The maximum atomic E-state index is 5.72. The number of nitrogens with zero attached hydrogens (tertiary/aromatic N) is 1. The van der Waals surface area contributed by atoms with Crippen LogP contribution in [0.1, 0.15) is 18.4 Å². The Morgan fingerprint density at radius 3 is 2.79 bits per heavy atom. The highest BCUT2D eigenvalue weighted by Gasteiger charge is 2.16. The van der Waals surface area contributed by atoms with Crippen LogP contribution < -0.4 is 10.5 Å². The topological polar surface area (TPSA) is 47.7 Å². The van der Waals surface area contributed by atoms with Crippen molar-refractivity contribution in [2.75, 3.05) is 33.4 Å². The van der Waals surface area contributed by atoms with Crippen LogP contribution in [0, 0.1) is 0 Å². The van der Waals surface area contributed by atoms with Gasteiger partial charge in [0.25, 0.3) is 0 Å². The molecule has 1 aliphatic rings. The highest BCUT2D eigenvalue weighted by atomic mass is 16.5. The number of hydrogen-bond acceptors (Lipinski definition) is 4. The second-order valence-electron chi connectivity index (χ2n) is 5.09. The molecule has 0 saturated carbocycles. The lowest BCUT2D eigenvalue weighted by Gasteiger charge is -2.20. The summed E-state index contributed by atoms with van der Waals surface area (Å²) in [5.74, 6) is 0.905. The van der Waals surface area contributed by atoms with Gasteiger partial charge in [0.1, 0.15) is 12.4 Å². The minimum Gasteiger partial charge on any atom is -0.492 e. The molecule has 4 heteroatoms. The van der Waals surface area contributed by atoms with Gasteiger partial charge in [-0.3, -0.25) is 0 Å². The van der Waals surface area contributed by atoms with Crippen LogP contribution in [-0.4, -0.2) is 44.4 Å². The predicted octanol–water partition coefficient (Wildman–Crippen LogP) is 1.63. The van der Waals surface area contributed by atoms with Crippen molar-refractivity contribution < 1.29 is 9.47 Å². The first kappa shape index (κ1) is 14.3. The monoisotopic (exact) mass is 264 g/mol. The number of benzene rings is 1. The lowest BCUT2D eigenvalue weighted by Crippen LogP contribution is -2.32. The highest BCUT2D eigenvalue weighted by molar-refractivity contribution is 5.27. The lowest BCUT2D eigenvalue weighted by atomic mass is 10.2. The Kier molecular flexibility index (Phi) is 5.63. The standard InChI is InChI=1S/C15H24N2O2/c1-17(12-15-3-2-9-18-15)8-10-19-14-6-4-13(11-16)5-7-14/h4-7,15H,2-3,8-12,16H2,1H3. The smallest absolute Gasteiger partial charge is 0.119 e. The first-order valence-electron chi connectivity index (χ1n) is 7.00. The number of ether oxygens (including phenoxy) is 2. The maximum Gasteiger partial charge on any atom is 0.119 e. The van der Waals surface area contributed by atoms with E-state index in [-0.39, 0.29) is 0 Å². The first-order valence-corrected chi connectivity index (χ1v) is 7.00. The number of hydrogen-bond donors (Lipinski definition) is 1. The van der Waals surface area contributed by atoms with E-state index in [0.717, 1.165) is 31.0 Å². The zero-order chi connectivity index (χ0) is 13.5. The first-order chi connectivity index (χ1) is 9.28. The Hall–Kier alpha value is -1.10. The van der Waals surface area contributed by atoms with Crippen LogP contribution in [-0.2, 0) is 11.3 Å². The van der Waals surface area contributed by atoms with Gasteiger partial charge in [0.05, 0.1) is 6.10 Å². The summed E-state index contributed by atoms with van der Waals surface area (Å²) >= 11 is 0. The van der Waals surface area contributed by atoms with E-state index in [1.54, 1.807) is 0 Å². The van der Waals surface area contributed by atoms with Gasteiger partial charge in [-0.05, 0) is 37.6 Å². The quantitative estimate of drug-likeness (QED) is 0.813. The Morgan fingerprint density at radius 1 is 1.37 bits per heavy atom. The van der Waals surface area contributed by atoms with Gasteiger partial charge < -0.3 is 20.1 Å². The molecule has 1 aromatic rings. The van der Waals surface area contributed by atoms with Gasteiger partial charge in [-0.1, -0.05) is 12.1 Å². The largest absolute Gasteiger partial charge is 0.492 e. The molecule has 1 atom stereocenters. The molecule has 1 aliphatic heterocycles. The molecule has 1 heterocycles. The summed E-state index contributed by atoms with van der Waals surface area (Å²) in [5, 5.41) is 0. The minimum atomic E-state index is 0.411. The lowest BCUT2D eigenvalue weighted by molar-refractivity contribution is 0.0771. The van der Waals surface area contributed by atoms with Crippen molar-refractivity contribution in [2.45, 2.75) is 25.5 Å². The molecule has 1 unspecified atom stereocenters. The van der Waals surface area contributed by atoms with Crippen LogP contribution in [0.4, 0.5) is 0 Å². The van der Waals surface area contributed by atoms with Gasteiger partial charge in [-0.25, -0.2) is 0 Å². The normalized spacial score (nSPS) is 19.0. The van der Waals surface area contributed by atoms with E-state index in [1.807, 2.05) is 24.3 Å². The van der Waals surface area contributed by atoms with Crippen molar-refractivity contribution in [2.24, 2.45) is 5.73 Å². The van der Waals surface area contributed by atoms with Crippen LogP contribution in [0.15, 0.2) is 24.3 Å². The van der Waals surface area contributed by atoms with E-state index in [9.17, 15) is 0 Å². The SMILES string of the molecule is CN(CCOc1ccc(CN)cc1)CC1CCCO1. The molecule has 1 aromatic carbocycles. The fourth-order valence-corrected chi connectivity index (χ4v) is 2.27. The molecule has 19 heavy (non-hydrogen) atoms. The molecule has 2 rings (SSSR count). The summed E-state index contributed by atoms with van der Waals surface area (Å²) in [4.78, 5) is 2.27. The van der Waals surface area contributed by atoms with Gasteiger partial charge in [0.2, 0.25) is 0 Å². The van der Waals surface area contributed by atoms with Crippen LogP contribution in [0.2, 0.25) is 0 Å². The summed E-state index contributed by atoms with van der Waals surface area (Å²) in [6, 6.07) is 7.96. The van der Waals surface area contributed by atoms with Gasteiger partial charge in [0.15, 0.2) is 0 Å². The molecular formula is C15H24N2O2. The van der Waals surface area contributed by atoms with E-state index in [4.69, 9.17) is 15.2 Å². The molecule has 1 fully saturated rings. The molecule has 0 bridgehead atoms. The van der Waals surface area contributed by atoms with Gasteiger partial charge in [0, 0.05) is 26.2 Å². The number of rotatable bonds is 7. The average Bonchev–Trinajstić information content (AvgIpc) is 2.92. The van der Waals surface area contributed by atoms with E-state index in [2.05, 4.69) is 11.9 Å². The third-order valence-electron chi connectivity index (χ3n) is 3.44. The number of nitrogens with two attached hydrogens (primary N) is 1. The Bertz CT molecular complexity index is 361. The van der Waals surface area contributed by atoms with E-state index >= 15 is 0 Å². The molecule has 0 spiro atoms. The van der Waals surface area contributed by atoms with Crippen LogP contribution in [0.5, 0.6) is 5.75 Å². The molecule has 2 N–H and O–H groups in total. The summed E-state index contributed by atoms with van der Waals surface area (Å²) in [6.45, 7) is 4.10. The van der Waals surface area contributed by atoms with Gasteiger partial charge in [-0.2, -0.15) is 0 Å². The molecule has 0 amide bonds. The van der Waals surface area contributed by atoms with E-state index in [0.29, 0.717) is 19.3 Å². The Morgan fingerprint density at radius 2 is 2.16 bits per heavy atom. The highest BCUT2D eigenvalue weighted by Crippen LogP contribution is 2.13. The van der Waals surface area contributed by atoms with Crippen molar-refractivity contribution in [3.05, 3.63) is 29.8 Å². The maximum absolute atomic E-state index is 5.72. The summed E-state index contributed by atoms with van der Waals surface area (Å²) in [6.07, 6.45) is 2.79. The van der Waals surface area contributed by atoms with E-state index in [1.165, 1.54) is 12.8 Å². The zero-order valence-corrected chi connectivity index (χ0v) is 11.7. The van der Waals surface area contributed by atoms with Crippen molar-refractivity contribution >= 4 is 0 Å². The second kappa shape index (κ2) is 7.48. The predicted molar refractivity (Wildman–Crippen MR) is 76.3 cm³/mol. The Balaban J connectivity index is 1.64. The van der Waals surface area contributed by atoms with Gasteiger partial charge >= 0.3 is 0 Å². The average molecular weight is 264 g/mol. The molecule has 0 aromatic heterocycles. The van der Waals surface area contributed by atoms with Crippen molar-refractivity contribution in [3.63, 3.8) is 0 Å². The van der Waals surface area contributed by atoms with Crippen molar-refractivity contribution in [1.29, 1.82) is 0 Å². The minimum absolute atomic E-state index is 0.411. The fraction of sp³-hybridized carbons (Fsp3) is 0.600. The van der Waals surface area contributed by atoms with Crippen LogP contribution in [0.3, 0.4) is 0 Å². The summed E-state index contributed by atoms with van der Waals surface area (Å²) in [5.41, 5.74) is 6.69. The molecule has 4 nitrogen and oxygen atoms in total. The second-order valence-corrected chi connectivity index (χ2v) is 5.09. The molecule has 106 valence electrons. The van der Waals surface area contributed by atoms with Crippen LogP contribution in [0.25, 0.3) is 0 Å². The summed E-state index contributed by atoms with van der Waals surface area (Å²) in [7, 11) is 2.11. The van der Waals surface area contributed by atoms with Crippen molar-refractivity contribution in [3.8, 4) is 5.75 Å². The third-order valence-corrected chi connectivity index (χ3v) is 3.44. The van der Waals surface area contributed by atoms with Gasteiger partial charge in [-0.15, -0.1) is 0 Å². The molecule has 0 aliphatic carbocycles. The zero-order valence-electron chi connectivity index (χ0n) is 11.7. The molecule has 0 radical (unpaired) electrons. The third kappa shape index (κ3) is 4.82. The van der Waals surface area contributed by atoms with Crippen LogP contribution >= 0.6 is 0 Å². The number of likely N-dealkylation sites (N-methyl/N-ethyl adjacent to an activating group) is 1. The molecule has 1 saturated heterocycles. The summed E-state index contributed by atoms with van der Waals surface area (Å²) < 4.78 is 11.3. The van der Waals surface area contributed by atoms with Crippen molar-refractivity contribution in [1.82, 2.24) is 4.90 Å². The molecular weight excluding hydrogens is 240 g/mol. The van der Waals surface area contributed by atoms with E-state index < -0.39 is 0 Å². The Labute approximate surface area is 115 Å². The fourth-order valence-electron chi connectivity index (χ4n) is 2.27.